The molecular formula is C66H45N3Si. The largest absolute Gasteiger partial charge is 0.309 e. The monoisotopic (exact) mass is 907 g/mol. The molecule has 14 rings (SSSR count). The molecule has 0 saturated carbocycles. The van der Waals surface area contributed by atoms with Gasteiger partial charge in [-0.25, -0.2) is 0 Å². The molecule has 11 aromatic carbocycles. The van der Waals surface area contributed by atoms with Crippen LogP contribution in [0.2, 0.25) is 0 Å². The number of para-hydroxylation sites is 4. The molecule has 0 aliphatic carbocycles. The summed E-state index contributed by atoms with van der Waals surface area (Å²) >= 11 is 0. The van der Waals surface area contributed by atoms with E-state index in [0.717, 1.165) is 22.6 Å². The molecule has 0 aliphatic rings. The van der Waals surface area contributed by atoms with E-state index in [1.54, 1.807) is 0 Å². The molecule has 0 fully saturated rings. The minimum Gasteiger partial charge on any atom is -0.309 e. The van der Waals surface area contributed by atoms with Gasteiger partial charge in [0.1, 0.15) is 0 Å². The van der Waals surface area contributed by atoms with Gasteiger partial charge in [0.25, 0.3) is 0 Å². The number of rotatable bonds is 8. The predicted molar refractivity (Wildman–Crippen MR) is 299 cm³/mol. The maximum absolute atomic E-state index is 3.09. The summed E-state index contributed by atoms with van der Waals surface area (Å²) in [5.74, 6) is 0. The second kappa shape index (κ2) is 16.1. The number of fused-ring (bicyclic) bond motifs is 9. The molecular weight excluding hydrogens is 863 g/mol. The van der Waals surface area contributed by atoms with Crippen molar-refractivity contribution in [2.24, 2.45) is 0 Å². The molecule has 0 unspecified atom stereocenters. The van der Waals surface area contributed by atoms with Crippen molar-refractivity contribution in [3.63, 3.8) is 0 Å². The lowest BCUT2D eigenvalue weighted by Gasteiger charge is -2.35. The molecule has 3 heterocycles. The minimum atomic E-state index is -3.09. The average molecular weight is 908 g/mol. The van der Waals surface area contributed by atoms with Gasteiger partial charge in [-0.3, -0.25) is 0 Å². The maximum atomic E-state index is 2.59. The van der Waals surface area contributed by atoms with Gasteiger partial charge in [0.15, 0.2) is 8.07 Å². The maximum Gasteiger partial charge on any atom is 0.180 e. The number of hydrogen-bond acceptors (Lipinski definition) is 0. The summed E-state index contributed by atoms with van der Waals surface area (Å²) in [6.45, 7) is 0. The minimum absolute atomic E-state index is 1.12. The SMILES string of the molecule is c1ccc(-c2ccc(-n3c4ccccc4c4cccc(-n5c6cccc(-n7c8ccccc8c8ccccc87)c6c6c([Si](c7ccccc7)(c7ccccc7)c7ccccc7)cccc65)c43)cc2)cc1. The molecule has 70 heavy (non-hydrogen) atoms. The Bertz CT molecular complexity index is 4110. The van der Waals surface area contributed by atoms with E-state index in [0.29, 0.717) is 0 Å². The van der Waals surface area contributed by atoms with E-state index in [1.165, 1.54) is 91.8 Å². The van der Waals surface area contributed by atoms with Crippen LogP contribution < -0.4 is 20.7 Å². The van der Waals surface area contributed by atoms with Crippen molar-refractivity contribution in [3.8, 4) is 28.2 Å². The lowest BCUT2D eigenvalue weighted by molar-refractivity contribution is 1.13. The summed E-state index contributed by atoms with van der Waals surface area (Å²) in [5, 5.41) is 12.8. The highest BCUT2D eigenvalue weighted by atomic mass is 28.3. The zero-order valence-electron chi connectivity index (χ0n) is 38.3. The smallest absolute Gasteiger partial charge is 0.180 e. The van der Waals surface area contributed by atoms with Crippen molar-refractivity contribution >= 4 is 94.2 Å². The van der Waals surface area contributed by atoms with Crippen LogP contribution >= 0.6 is 0 Å². The van der Waals surface area contributed by atoms with Gasteiger partial charge in [-0.05, 0) is 86.5 Å². The van der Waals surface area contributed by atoms with Gasteiger partial charge in [0, 0.05) is 38.0 Å². The molecule has 328 valence electrons. The van der Waals surface area contributed by atoms with Crippen molar-refractivity contribution < 1.29 is 0 Å². The fourth-order valence-electron chi connectivity index (χ4n) is 11.9. The van der Waals surface area contributed by atoms with Crippen LogP contribution in [0.25, 0.3) is 93.6 Å². The van der Waals surface area contributed by atoms with Crippen LogP contribution in [-0.2, 0) is 0 Å². The molecule has 0 amide bonds. The second-order valence-corrected chi connectivity index (χ2v) is 22.1. The topological polar surface area (TPSA) is 14.8 Å². The fraction of sp³-hybridized carbons (Fsp3) is 0. The van der Waals surface area contributed by atoms with Crippen molar-refractivity contribution in [2.45, 2.75) is 0 Å². The normalized spacial score (nSPS) is 12.0. The molecule has 0 aliphatic heterocycles. The van der Waals surface area contributed by atoms with Crippen molar-refractivity contribution in [3.05, 3.63) is 273 Å². The first-order chi connectivity index (χ1) is 34.8. The first kappa shape index (κ1) is 40.1. The van der Waals surface area contributed by atoms with Crippen LogP contribution in [0.5, 0.6) is 0 Å². The van der Waals surface area contributed by atoms with Crippen LogP contribution in [-0.4, -0.2) is 21.8 Å². The molecule has 3 aromatic heterocycles. The van der Waals surface area contributed by atoms with Crippen molar-refractivity contribution in [2.75, 3.05) is 0 Å². The van der Waals surface area contributed by atoms with E-state index in [-0.39, 0.29) is 0 Å². The van der Waals surface area contributed by atoms with Gasteiger partial charge in [-0.15, -0.1) is 0 Å². The van der Waals surface area contributed by atoms with Gasteiger partial charge in [-0.1, -0.05) is 218 Å². The highest BCUT2D eigenvalue weighted by molar-refractivity contribution is 7.20. The third-order valence-electron chi connectivity index (χ3n) is 14.8. The number of aromatic nitrogens is 3. The third-order valence-corrected chi connectivity index (χ3v) is 19.6. The Balaban J connectivity index is 1.17. The van der Waals surface area contributed by atoms with Crippen LogP contribution in [0, 0.1) is 0 Å². The average Bonchev–Trinajstić information content (AvgIpc) is 4.09. The third kappa shape index (κ3) is 5.87. The summed E-state index contributed by atoms with van der Waals surface area (Å²) in [5.41, 5.74) is 12.9. The molecule has 14 aromatic rings. The van der Waals surface area contributed by atoms with Gasteiger partial charge in [0.2, 0.25) is 0 Å². The lowest BCUT2D eigenvalue weighted by Crippen LogP contribution is -2.74. The fourth-order valence-corrected chi connectivity index (χ4v) is 16.9. The summed E-state index contributed by atoms with van der Waals surface area (Å²) in [6, 6.07) is 102. The van der Waals surface area contributed by atoms with Crippen molar-refractivity contribution in [1.29, 1.82) is 0 Å². The van der Waals surface area contributed by atoms with Gasteiger partial charge in [-0.2, -0.15) is 0 Å². The zero-order valence-corrected chi connectivity index (χ0v) is 39.3. The first-order valence-corrected chi connectivity index (χ1v) is 26.2. The molecule has 0 saturated heterocycles. The van der Waals surface area contributed by atoms with E-state index < -0.39 is 8.07 Å². The Labute approximate surface area is 407 Å². The predicted octanol–water partition coefficient (Wildman–Crippen LogP) is 14.0. The van der Waals surface area contributed by atoms with E-state index in [1.807, 2.05) is 0 Å². The Morgan fingerprint density at radius 3 is 1.20 bits per heavy atom. The summed E-state index contributed by atoms with van der Waals surface area (Å²) in [7, 11) is -3.09. The molecule has 0 spiro atoms. The Kier molecular flexibility index (Phi) is 9.23. The van der Waals surface area contributed by atoms with Crippen LogP contribution in [0.3, 0.4) is 0 Å². The highest BCUT2D eigenvalue weighted by Gasteiger charge is 2.43. The molecule has 0 bridgehead atoms. The lowest BCUT2D eigenvalue weighted by atomic mass is 10.1. The van der Waals surface area contributed by atoms with Gasteiger partial charge >= 0.3 is 0 Å². The van der Waals surface area contributed by atoms with E-state index in [4.69, 9.17) is 0 Å². The van der Waals surface area contributed by atoms with E-state index >= 15 is 0 Å². The molecule has 0 N–H and O–H groups in total. The number of benzene rings is 11. The van der Waals surface area contributed by atoms with Crippen LogP contribution in [0.1, 0.15) is 0 Å². The first-order valence-electron chi connectivity index (χ1n) is 24.2. The molecule has 0 radical (unpaired) electrons. The van der Waals surface area contributed by atoms with Gasteiger partial charge in [0.05, 0.1) is 44.5 Å². The van der Waals surface area contributed by atoms with Crippen molar-refractivity contribution in [1.82, 2.24) is 13.7 Å². The zero-order chi connectivity index (χ0) is 46.2. The summed E-state index contributed by atoms with van der Waals surface area (Å²) in [6.07, 6.45) is 0. The van der Waals surface area contributed by atoms with E-state index in [9.17, 15) is 0 Å². The standard InChI is InChI=1S/C66H45N3Si/c1-5-22-46(23-6-1)47-42-44-48(45-43-47)67-56-34-16-15-32-54(56)55-33-19-40-62(66(55)67)69-60-38-20-37-59(68-57-35-17-13-30-52(57)53-31-14-18-36-58(53)68)64(60)65-61(69)39-21-41-63(65)70(49-24-7-2-8-25-49,50-26-9-3-10-27-50)51-28-11-4-12-29-51/h1-45H. The highest BCUT2D eigenvalue weighted by Crippen LogP contribution is 2.43. The quantitative estimate of drug-likeness (QED) is 0.107. The summed E-state index contributed by atoms with van der Waals surface area (Å²) in [4.78, 5) is 0. The van der Waals surface area contributed by atoms with E-state index in [2.05, 4.69) is 287 Å². The molecule has 0 atom stereocenters. The van der Waals surface area contributed by atoms with Crippen LogP contribution in [0.15, 0.2) is 273 Å². The number of hydrogen-bond donors (Lipinski definition) is 0. The molecule has 4 heteroatoms. The number of nitrogens with zero attached hydrogens (tertiary/aromatic N) is 3. The van der Waals surface area contributed by atoms with Crippen LogP contribution in [0.4, 0.5) is 0 Å². The second-order valence-electron chi connectivity index (χ2n) is 18.4. The Morgan fingerprint density at radius 2 is 0.629 bits per heavy atom. The van der Waals surface area contributed by atoms with Gasteiger partial charge < -0.3 is 13.7 Å². The molecule has 3 nitrogen and oxygen atoms in total. The summed E-state index contributed by atoms with van der Waals surface area (Å²) < 4.78 is 7.60. The Hall–Kier alpha value is -8.96. The Morgan fingerprint density at radius 1 is 0.243 bits per heavy atom.